The summed E-state index contributed by atoms with van der Waals surface area (Å²) in [5.41, 5.74) is 1.35. The maximum atomic E-state index is 11.9. The van der Waals surface area contributed by atoms with E-state index in [4.69, 9.17) is 9.47 Å². The Balaban J connectivity index is 1.89. The number of hydrogen-bond donors (Lipinski definition) is 0. The molecular formula is C13H19N3O3. The van der Waals surface area contributed by atoms with Crippen molar-refractivity contribution in [1.29, 1.82) is 0 Å². The maximum Gasteiger partial charge on any atom is 0.360 e. The van der Waals surface area contributed by atoms with Crippen LogP contribution in [0.2, 0.25) is 0 Å². The van der Waals surface area contributed by atoms with Crippen LogP contribution in [0.3, 0.4) is 0 Å². The Bertz CT molecular complexity index is 462. The third kappa shape index (κ3) is 2.49. The van der Waals surface area contributed by atoms with Crippen molar-refractivity contribution >= 4 is 5.97 Å². The normalized spacial score (nSPS) is 23.3. The van der Waals surface area contributed by atoms with Crippen LogP contribution < -0.4 is 0 Å². The first-order valence-corrected chi connectivity index (χ1v) is 7.01. The molecule has 1 aromatic heterocycles. The molecule has 2 fully saturated rings. The Kier molecular flexibility index (Phi) is 3.50. The van der Waals surface area contributed by atoms with E-state index in [-0.39, 0.29) is 12.0 Å². The third-order valence-corrected chi connectivity index (χ3v) is 3.65. The molecule has 0 radical (unpaired) electrons. The van der Waals surface area contributed by atoms with Crippen LogP contribution in [0.1, 0.15) is 60.7 Å². The molecule has 1 saturated heterocycles. The van der Waals surface area contributed by atoms with Crippen molar-refractivity contribution < 1.29 is 14.3 Å². The molecule has 2 aliphatic rings. The summed E-state index contributed by atoms with van der Waals surface area (Å²) in [6.45, 7) is 3.64. The minimum atomic E-state index is -0.354. The van der Waals surface area contributed by atoms with Crippen molar-refractivity contribution in [3.63, 3.8) is 0 Å². The highest BCUT2D eigenvalue weighted by Gasteiger charge is 2.36. The number of ether oxygens (including phenoxy) is 2. The second-order valence-electron chi connectivity index (χ2n) is 5.13. The monoisotopic (exact) mass is 265 g/mol. The summed E-state index contributed by atoms with van der Waals surface area (Å²) in [5, 5.41) is 8.24. The molecule has 19 heavy (non-hydrogen) atoms. The van der Waals surface area contributed by atoms with Gasteiger partial charge in [-0.05, 0) is 32.6 Å². The smallest absolute Gasteiger partial charge is 0.360 e. The fraction of sp³-hybridized carbons (Fsp3) is 0.769. The Hall–Kier alpha value is -1.43. The average molecular weight is 265 g/mol. The van der Waals surface area contributed by atoms with Crippen molar-refractivity contribution in [3.8, 4) is 0 Å². The van der Waals surface area contributed by atoms with Crippen molar-refractivity contribution in [3.05, 3.63) is 11.4 Å². The SMILES string of the molecule is CCOC(=O)c1nnn(C2CCCOC2)c1C1CC1. The van der Waals surface area contributed by atoms with Gasteiger partial charge in [0.2, 0.25) is 0 Å². The second-order valence-corrected chi connectivity index (χ2v) is 5.13. The predicted molar refractivity (Wildman–Crippen MR) is 67.0 cm³/mol. The zero-order valence-corrected chi connectivity index (χ0v) is 11.2. The van der Waals surface area contributed by atoms with Gasteiger partial charge in [0.15, 0.2) is 5.69 Å². The standard InChI is InChI=1S/C13H19N3O3/c1-2-19-13(17)11-12(9-5-6-9)16(15-14-11)10-4-3-7-18-8-10/h9-10H,2-8H2,1H3. The quantitative estimate of drug-likeness (QED) is 0.775. The maximum absolute atomic E-state index is 11.9. The number of rotatable bonds is 4. The molecule has 0 aromatic carbocycles. The van der Waals surface area contributed by atoms with E-state index in [0.29, 0.717) is 24.8 Å². The van der Waals surface area contributed by atoms with Gasteiger partial charge in [-0.25, -0.2) is 9.48 Å². The summed E-state index contributed by atoms with van der Waals surface area (Å²) in [6, 6.07) is 0.208. The van der Waals surface area contributed by atoms with Crippen LogP contribution in [0.25, 0.3) is 0 Å². The molecule has 2 heterocycles. The summed E-state index contributed by atoms with van der Waals surface area (Å²) in [7, 11) is 0. The molecule has 3 rings (SSSR count). The topological polar surface area (TPSA) is 66.2 Å². The van der Waals surface area contributed by atoms with Gasteiger partial charge in [0.05, 0.1) is 24.9 Å². The van der Waals surface area contributed by atoms with Crippen LogP contribution in [0.5, 0.6) is 0 Å². The number of aromatic nitrogens is 3. The number of carbonyl (C=O) groups is 1. The van der Waals surface area contributed by atoms with Gasteiger partial charge in [0.25, 0.3) is 0 Å². The predicted octanol–water partition coefficient (Wildman–Crippen LogP) is 1.68. The molecule has 0 amide bonds. The molecule has 1 unspecified atom stereocenters. The van der Waals surface area contributed by atoms with Crippen LogP contribution in [0, 0.1) is 0 Å². The van der Waals surface area contributed by atoms with Crippen LogP contribution in [-0.4, -0.2) is 40.8 Å². The fourth-order valence-electron chi connectivity index (χ4n) is 2.57. The van der Waals surface area contributed by atoms with Gasteiger partial charge in [-0.3, -0.25) is 0 Å². The Labute approximate surface area is 112 Å². The Morgan fingerprint density at radius 1 is 1.47 bits per heavy atom. The molecule has 104 valence electrons. The summed E-state index contributed by atoms with van der Waals surface area (Å²) in [6.07, 6.45) is 4.27. The second kappa shape index (κ2) is 5.28. The Morgan fingerprint density at radius 3 is 2.95 bits per heavy atom. The molecule has 6 heteroatoms. The van der Waals surface area contributed by atoms with Crippen LogP contribution >= 0.6 is 0 Å². The first-order valence-electron chi connectivity index (χ1n) is 7.01. The van der Waals surface area contributed by atoms with Crippen LogP contribution in [0.15, 0.2) is 0 Å². The van der Waals surface area contributed by atoms with E-state index in [1.807, 2.05) is 4.68 Å². The first kappa shape index (κ1) is 12.6. The van der Waals surface area contributed by atoms with Crippen LogP contribution in [0.4, 0.5) is 0 Å². The lowest BCUT2D eigenvalue weighted by Gasteiger charge is -2.23. The van der Waals surface area contributed by atoms with E-state index >= 15 is 0 Å². The highest BCUT2D eigenvalue weighted by molar-refractivity contribution is 5.88. The molecular weight excluding hydrogens is 246 g/mol. The zero-order valence-electron chi connectivity index (χ0n) is 11.2. The fourth-order valence-corrected chi connectivity index (χ4v) is 2.57. The molecule has 1 aliphatic carbocycles. The number of carbonyl (C=O) groups excluding carboxylic acids is 1. The minimum Gasteiger partial charge on any atom is -0.461 e. The molecule has 1 atom stereocenters. The van der Waals surface area contributed by atoms with Crippen LogP contribution in [-0.2, 0) is 9.47 Å². The van der Waals surface area contributed by atoms with Gasteiger partial charge in [0.1, 0.15) is 0 Å². The van der Waals surface area contributed by atoms with Crippen molar-refractivity contribution in [2.75, 3.05) is 19.8 Å². The average Bonchev–Trinajstić information content (AvgIpc) is 3.18. The van der Waals surface area contributed by atoms with Crippen molar-refractivity contribution in [2.24, 2.45) is 0 Å². The van der Waals surface area contributed by atoms with Gasteiger partial charge < -0.3 is 9.47 Å². The van der Waals surface area contributed by atoms with Gasteiger partial charge >= 0.3 is 5.97 Å². The lowest BCUT2D eigenvalue weighted by Crippen LogP contribution is -2.24. The van der Waals surface area contributed by atoms with E-state index in [9.17, 15) is 4.79 Å². The molecule has 0 N–H and O–H groups in total. The summed E-state index contributed by atoms with van der Waals surface area (Å²) >= 11 is 0. The number of nitrogens with zero attached hydrogens (tertiary/aromatic N) is 3. The zero-order chi connectivity index (χ0) is 13.2. The highest BCUT2D eigenvalue weighted by atomic mass is 16.5. The molecule has 6 nitrogen and oxygen atoms in total. The summed E-state index contributed by atoms with van der Waals surface area (Å²) < 4.78 is 12.5. The molecule has 1 aromatic rings. The number of hydrogen-bond acceptors (Lipinski definition) is 5. The van der Waals surface area contributed by atoms with Gasteiger partial charge in [-0.2, -0.15) is 0 Å². The summed E-state index contributed by atoms with van der Waals surface area (Å²) in [5.74, 6) is 0.0590. The molecule has 1 saturated carbocycles. The van der Waals surface area contributed by atoms with E-state index in [1.54, 1.807) is 6.92 Å². The first-order chi connectivity index (χ1) is 9.31. The molecule has 0 bridgehead atoms. The van der Waals surface area contributed by atoms with E-state index < -0.39 is 0 Å². The van der Waals surface area contributed by atoms with Gasteiger partial charge in [-0.15, -0.1) is 5.10 Å². The highest BCUT2D eigenvalue weighted by Crippen LogP contribution is 2.42. The lowest BCUT2D eigenvalue weighted by molar-refractivity contribution is 0.0508. The Morgan fingerprint density at radius 2 is 2.32 bits per heavy atom. The third-order valence-electron chi connectivity index (χ3n) is 3.65. The largest absolute Gasteiger partial charge is 0.461 e. The van der Waals surface area contributed by atoms with Gasteiger partial charge in [-0.1, -0.05) is 5.21 Å². The minimum absolute atomic E-state index is 0.208. The van der Waals surface area contributed by atoms with Gasteiger partial charge in [0, 0.05) is 12.5 Å². The number of esters is 1. The van der Waals surface area contributed by atoms with Crippen molar-refractivity contribution in [2.45, 2.75) is 44.6 Å². The summed E-state index contributed by atoms with van der Waals surface area (Å²) in [4.78, 5) is 11.9. The molecule has 0 spiro atoms. The lowest BCUT2D eigenvalue weighted by atomic mass is 10.1. The molecule has 1 aliphatic heterocycles. The van der Waals surface area contributed by atoms with E-state index in [2.05, 4.69) is 10.3 Å². The van der Waals surface area contributed by atoms with E-state index in [1.165, 1.54) is 0 Å². The van der Waals surface area contributed by atoms with Crippen molar-refractivity contribution in [1.82, 2.24) is 15.0 Å². The van der Waals surface area contributed by atoms with E-state index in [0.717, 1.165) is 38.0 Å².